The molecule has 5 heteroatoms. The normalized spacial score (nSPS) is 19.6. The van der Waals surface area contributed by atoms with Crippen molar-refractivity contribution in [3.8, 4) is 0 Å². The molecule has 0 saturated carbocycles. The van der Waals surface area contributed by atoms with Crippen molar-refractivity contribution in [1.82, 2.24) is 4.31 Å². The number of nitrogens with zero attached hydrogens (tertiary/aromatic N) is 1. The van der Waals surface area contributed by atoms with E-state index in [0.29, 0.717) is 16.5 Å². The summed E-state index contributed by atoms with van der Waals surface area (Å²) in [5.41, 5.74) is 0.867. The van der Waals surface area contributed by atoms with Gasteiger partial charge in [-0.2, -0.15) is 0 Å². The SMILES string of the molecule is CC(=O)N1Cc2cc(Cl)ccc2S1=O. The molecule has 1 aliphatic heterocycles. The molecule has 1 aromatic carbocycles. The second-order valence-corrected chi connectivity index (χ2v) is 4.87. The number of halogens is 1. The quantitative estimate of drug-likeness (QED) is 0.680. The molecule has 1 aliphatic rings. The zero-order chi connectivity index (χ0) is 10.3. The number of hydrogen-bond acceptors (Lipinski definition) is 2. The molecule has 2 rings (SSSR count). The number of carbonyl (C=O) groups excluding carboxylic acids is 1. The van der Waals surface area contributed by atoms with E-state index in [4.69, 9.17) is 11.6 Å². The van der Waals surface area contributed by atoms with Crippen molar-refractivity contribution in [2.24, 2.45) is 0 Å². The molecule has 1 atom stereocenters. The molecular formula is C9H8ClNO2S. The highest BCUT2D eigenvalue weighted by atomic mass is 35.5. The van der Waals surface area contributed by atoms with Gasteiger partial charge in [-0.05, 0) is 23.8 Å². The Morgan fingerprint density at radius 2 is 2.29 bits per heavy atom. The summed E-state index contributed by atoms with van der Waals surface area (Å²) in [5.74, 6) is -0.185. The molecule has 0 aromatic heterocycles. The lowest BCUT2D eigenvalue weighted by molar-refractivity contribution is -0.124. The third-order valence-corrected chi connectivity index (χ3v) is 3.87. The average molecular weight is 230 g/mol. The van der Waals surface area contributed by atoms with Crippen LogP contribution in [0.25, 0.3) is 0 Å². The minimum absolute atomic E-state index is 0.185. The van der Waals surface area contributed by atoms with E-state index in [0.717, 1.165) is 5.56 Å². The summed E-state index contributed by atoms with van der Waals surface area (Å²) in [5, 5.41) is 0.603. The lowest BCUT2D eigenvalue weighted by atomic mass is 10.2. The standard InChI is InChI=1S/C9H8ClNO2S/c1-6(12)11-5-7-4-8(10)2-3-9(7)14(11)13/h2-4H,5H2,1H3. The van der Waals surface area contributed by atoms with Gasteiger partial charge in [0.05, 0.1) is 11.4 Å². The van der Waals surface area contributed by atoms with Crippen LogP contribution >= 0.6 is 11.6 Å². The molecule has 0 N–H and O–H groups in total. The van der Waals surface area contributed by atoms with Crippen molar-refractivity contribution in [2.45, 2.75) is 18.4 Å². The van der Waals surface area contributed by atoms with Crippen LogP contribution in [0.1, 0.15) is 12.5 Å². The van der Waals surface area contributed by atoms with Gasteiger partial charge in [0.15, 0.2) is 11.0 Å². The molecule has 0 spiro atoms. The van der Waals surface area contributed by atoms with Gasteiger partial charge in [0.1, 0.15) is 0 Å². The van der Waals surface area contributed by atoms with Gasteiger partial charge in [-0.1, -0.05) is 11.6 Å². The van der Waals surface area contributed by atoms with Gasteiger partial charge < -0.3 is 0 Å². The third-order valence-electron chi connectivity index (χ3n) is 2.08. The summed E-state index contributed by atoms with van der Waals surface area (Å²) in [7, 11) is -1.35. The zero-order valence-electron chi connectivity index (χ0n) is 7.49. The summed E-state index contributed by atoms with van der Waals surface area (Å²) >= 11 is 5.80. The fourth-order valence-electron chi connectivity index (χ4n) is 1.40. The van der Waals surface area contributed by atoms with E-state index in [9.17, 15) is 9.00 Å². The van der Waals surface area contributed by atoms with Gasteiger partial charge in [0, 0.05) is 11.9 Å². The number of rotatable bonds is 0. The fraction of sp³-hybridized carbons (Fsp3) is 0.222. The van der Waals surface area contributed by atoms with E-state index in [1.165, 1.54) is 11.2 Å². The molecule has 1 unspecified atom stereocenters. The summed E-state index contributed by atoms with van der Waals surface area (Å²) < 4.78 is 13.0. The van der Waals surface area contributed by atoms with Crippen molar-refractivity contribution in [2.75, 3.05) is 0 Å². The molecular weight excluding hydrogens is 222 g/mol. The first-order valence-electron chi connectivity index (χ1n) is 4.08. The maximum absolute atomic E-state index is 11.7. The monoisotopic (exact) mass is 229 g/mol. The van der Waals surface area contributed by atoms with E-state index in [1.54, 1.807) is 18.2 Å². The van der Waals surface area contributed by atoms with Crippen molar-refractivity contribution in [1.29, 1.82) is 0 Å². The summed E-state index contributed by atoms with van der Waals surface area (Å²) in [6, 6.07) is 5.14. The zero-order valence-corrected chi connectivity index (χ0v) is 9.06. The maximum Gasteiger partial charge on any atom is 0.231 e. The predicted molar refractivity (Wildman–Crippen MR) is 54.1 cm³/mol. The second kappa shape index (κ2) is 3.37. The fourth-order valence-corrected chi connectivity index (χ4v) is 2.86. The number of hydrogen-bond donors (Lipinski definition) is 0. The van der Waals surface area contributed by atoms with Gasteiger partial charge in [0.25, 0.3) is 0 Å². The molecule has 14 heavy (non-hydrogen) atoms. The van der Waals surface area contributed by atoms with Crippen molar-refractivity contribution in [3.63, 3.8) is 0 Å². The molecule has 0 fully saturated rings. The van der Waals surface area contributed by atoms with Crippen LogP contribution in [0, 0.1) is 0 Å². The van der Waals surface area contributed by atoms with Crippen LogP contribution < -0.4 is 0 Å². The van der Waals surface area contributed by atoms with E-state index in [-0.39, 0.29) is 5.91 Å². The highest BCUT2D eigenvalue weighted by Crippen LogP contribution is 2.29. The highest BCUT2D eigenvalue weighted by molar-refractivity contribution is 7.83. The molecule has 1 aromatic rings. The lowest BCUT2D eigenvalue weighted by Crippen LogP contribution is -2.24. The topological polar surface area (TPSA) is 37.4 Å². The second-order valence-electron chi connectivity index (χ2n) is 3.06. The average Bonchev–Trinajstić information content (AvgIpc) is 2.43. The van der Waals surface area contributed by atoms with Crippen LogP contribution in [0.3, 0.4) is 0 Å². The first-order chi connectivity index (χ1) is 6.59. The molecule has 3 nitrogen and oxygen atoms in total. The first kappa shape index (κ1) is 9.68. The van der Waals surface area contributed by atoms with Gasteiger partial charge in [-0.25, -0.2) is 4.21 Å². The maximum atomic E-state index is 11.7. The van der Waals surface area contributed by atoms with Crippen LogP contribution in [-0.4, -0.2) is 14.4 Å². The van der Waals surface area contributed by atoms with E-state index >= 15 is 0 Å². The number of fused-ring (bicyclic) bond motifs is 1. The van der Waals surface area contributed by atoms with Gasteiger partial charge in [-0.3, -0.25) is 9.10 Å². The van der Waals surface area contributed by atoms with E-state index in [2.05, 4.69) is 0 Å². The van der Waals surface area contributed by atoms with E-state index < -0.39 is 11.0 Å². The van der Waals surface area contributed by atoms with Crippen LogP contribution in [0.5, 0.6) is 0 Å². The summed E-state index contributed by atoms with van der Waals surface area (Å²) in [6.45, 7) is 1.79. The van der Waals surface area contributed by atoms with Crippen LogP contribution in [0.15, 0.2) is 23.1 Å². The van der Waals surface area contributed by atoms with Gasteiger partial charge in [0.2, 0.25) is 5.91 Å². The van der Waals surface area contributed by atoms with Crippen LogP contribution in [0.2, 0.25) is 5.02 Å². The predicted octanol–water partition coefficient (Wildman–Crippen LogP) is 1.72. The molecule has 0 aliphatic carbocycles. The third kappa shape index (κ3) is 1.44. The van der Waals surface area contributed by atoms with Crippen LogP contribution in [-0.2, 0) is 22.3 Å². The molecule has 0 bridgehead atoms. The smallest absolute Gasteiger partial charge is 0.231 e. The molecule has 1 heterocycles. The Bertz CT molecular complexity index is 433. The van der Waals surface area contributed by atoms with Crippen molar-refractivity contribution < 1.29 is 9.00 Å². The first-order valence-corrected chi connectivity index (χ1v) is 5.56. The van der Waals surface area contributed by atoms with Crippen molar-refractivity contribution >= 4 is 28.5 Å². The molecule has 74 valence electrons. The Kier molecular flexibility index (Phi) is 2.33. The number of benzene rings is 1. The number of amides is 1. The summed E-state index contributed by atoms with van der Waals surface area (Å²) in [4.78, 5) is 11.8. The summed E-state index contributed by atoms with van der Waals surface area (Å²) in [6.07, 6.45) is 0. The lowest BCUT2D eigenvalue weighted by Gasteiger charge is -2.09. The Balaban J connectivity index is 2.45. The van der Waals surface area contributed by atoms with Gasteiger partial charge >= 0.3 is 0 Å². The Labute approximate surface area is 89.3 Å². The largest absolute Gasteiger partial charge is 0.274 e. The Morgan fingerprint density at radius 3 is 2.93 bits per heavy atom. The van der Waals surface area contributed by atoms with Crippen molar-refractivity contribution in [3.05, 3.63) is 28.8 Å². The minimum Gasteiger partial charge on any atom is -0.274 e. The Morgan fingerprint density at radius 1 is 1.57 bits per heavy atom. The van der Waals surface area contributed by atoms with Crippen LogP contribution in [0.4, 0.5) is 0 Å². The molecule has 1 amide bonds. The minimum atomic E-state index is -1.35. The van der Waals surface area contributed by atoms with E-state index in [1.807, 2.05) is 0 Å². The Hall–Kier alpha value is -0.870. The van der Waals surface area contributed by atoms with Gasteiger partial charge in [-0.15, -0.1) is 0 Å². The highest BCUT2D eigenvalue weighted by Gasteiger charge is 2.28. The number of carbonyl (C=O) groups is 1. The molecule has 0 saturated heterocycles. The molecule has 0 radical (unpaired) electrons.